The summed E-state index contributed by atoms with van der Waals surface area (Å²) in [5.74, 6) is 0.517. The molecule has 5 fully saturated rings. The van der Waals surface area contributed by atoms with Gasteiger partial charge in [0.25, 0.3) is 0 Å². The van der Waals surface area contributed by atoms with Crippen molar-refractivity contribution in [2.24, 2.45) is 50.7 Å². The van der Waals surface area contributed by atoms with Crippen molar-refractivity contribution in [3.05, 3.63) is 11.6 Å². The molecule has 0 aromatic rings. The molecule has 4 saturated carbocycles. The molecule has 4 N–H and O–H groups in total. The van der Waals surface area contributed by atoms with E-state index in [4.69, 9.17) is 14.2 Å². The number of allylic oxidation sites excluding steroid dienone is 1. The molecule has 0 aromatic carbocycles. The molecule has 0 unspecified atom stereocenters. The molecular weight excluding hydrogens is 560 g/mol. The van der Waals surface area contributed by atoms with Gasteiger partial charge in [0.05, 0.1) is 30.8 Å². The summed E-state index contributed by atoms with van der Waals surface area (Å²) < 4.78 is 17.6. The number of aliphatic hydroxyl groups excluding tert-OH is 3. The average molecular weight is 619 g/mol. The number of fused-ring (bicyclic) bond motifs is 7. The summed E-state index contributed by atoms with van der Waals surface area (Å²) in [7, 11) is 1.50. The Morgan fingerprint density at radius 1 is 0.909 bits per heavy atom. The Kier molecular flexibility index (Phi) is 7.84. The fourth-order valence-corrected chi connectivity index (χ4v) is 12.3. The number of methoxy groups -OCH3 is 1. The zero-order valence-electron chi connectivity index (χ0n) is 28.3. The van der Waals surface area contributed by atoms with Crippen molar-refractivity contribution in [1.29, 1.82) is 0 Å². The van der Waals surface area contributed by atoms with Crippen molar-refractivity contribution in [3.63, 3.8) is 0 Å². The number of esters is 1. The van der Waals surface area contributed by atoms with E-state index in [1.807, 2.05) is 6.92 Å². The van der Waals surface area contributed by atoms with Gasteiger partial charge in [0.15, 0.2) is 6.29 Å². The molecule has 6 aliphatic rings. The molecule has 0 spiro atoms. The fourth-order valence-electron chi connectivity index (χ4n) is 12.3. The number of ether oxygens (including phenoxy) is 3. The molecule has 6 rings (SSSR count). The van der Waals surface area contributed by atoms with Crippen LogP contribution in [0.1, 0.15) is 106 Å². The van der Waals surface area contributed by atoms with E-state index in [1.165, 1.54) is 12.7 Å². The number of aliphatic hydroxyl groups is 4. The number of carbonyl (C=O) groups excluding carboxylic acids is 1. The van der Waals surface area contributed by atoms with Gasteiger partial charge in [-0.1, -0.05) is 53.2 Å². The van der Waals surface area contributed by atoms with E-state index in [-0.39, 0.29) is 52.2 Å². The van der Waals surface area contributed by atoms with Crippen molar-refractivity contribution in [2.75, 3.05) is 13.7 Å². The minimum Gasteiger partial charge on any atom is -0.469 e. The van der Waals surface area contributed by atoms with Gasteiger partial charge in [0.2, 0.25) is 0 Å². The summed E-state index contributed by atoms with van der Waals surface area (Å²) in [6.45, 7) is 16.1. The lowest BCUT2D eigenvalue weighted by molar-refractivity contribution is -0.308. The predicted octanol–water partition coefficient (Wildman–Crippen LogP) is 4.76. The van der Waals surface area contributed by atoms with Crippen LogP contribution in [0.4, 0.5) is 0 Å². The topological polar surface area (TPSA) is 126 Å². The second-order valence-electron chi connectivity index (χ2n) is 17.3. The van der Waals surface area contributed by atoms with E-state index in [1.54, 1.807) is 0 Å². The van der Waals surface area contributed by atoms with Gasteiger partial charge in [-0.2, -0.15) is 0 Å². The molecule has 1 saturated heterocycles. The fraction of sp³-hybridized carbons (Fsp3) is 0.917. The van der Waals surface area contributed by atoms with Crippen LogP contribution in [0.25, 0.3) is 0 Å². The lowest BCUT2D eigenvalue weighted by Gasteiger charge is -2.72. The minimum absolute atomic E-state index is 0.00801. The summed E-state index contributed by atoms with van der Waals surface area (Å²) in [6.07, 6.45) is 5.76. The molecule has 250 valence electrons. The number of carbonyl (C=O) groups is 1. The molecule has 8 nitrogen and oxygen atoms in total. The average Bonchev–Trinajstić information content (AvgIpc) is 2.96. The third kappa shape index (κ3) is 4.19. The SMILES string of the molecule is COC(=O)[C@]12CC[C@@H](C)[C@@](C)(O)[C@H]1C1=CC[C@@H]3[C@@]4(C)CC[C@H](O[C@H]5OC[C@@H](O)[C@@H](O)[C@@H]5O)C(C)(C)[C@@H]4CC[C@@]3(C)[C@]1(C)CC2. The van der Waals surface area contributed by atoms with Crippen LogP contribution in [-0.2, 0) is 19.0 Å². The van der Waals surface area contributed by atoms with Gasteiger partial charge in [-0.05, 0) is 104 Å². The maximum absolute atomic E-state index is 13.6. The van der Waals surface area contributed by atoms with E-state index >= 15 is 0 Å². The molecule has 0 radical (unpaired) electrons. The lowest BCUT2D eigenvalue weighted by atomic mass is 9.33. The van der Waals surface area contributed by atoms with E-state index in [9.17, 15) is 25.2 Å². The van der Waals surface area contributed by atoms with Gasteiger partial charge >= 0.3 is 5.97 Å². The molecule has 14 atom stereocenters. The first-order valence-electron chi connectivity index (χ1n) is 17.2. The van der Waals surface area contributed by atoms with E-state index < -0.39 is 35.6 Å². The van der Waals surface area contributed by atoms with Crippen LogP contribution in [0.5, 0.6) is 0 Å². The Hall–Kier alpha value is -1.03. The highest BCUT2D eigenvalue weighted by Gasteiger charge is 2.71. The normalized spacial score (nSPS) is 55.0. The van der Waals surface area contributed by atoms with Crippen LogP contribution in [0.3, 0.4) is 0 Å². The van der Waals surface area contributed by atoms with Crippen molar-refractivity contribution in [2.45, 2.75) is 143 Å². The van der Waals surface area contributed by atoms with Crippen molar-refractivity contribution in [3.8, 4) is 0 Å². The van der Waals surface area contributed by atoms with Crippen LogP contribution in [0.2, 0.25) is 0 Å². The van der Waals surface area contributed by atoms with Crippen LogP contribution >= 0.6 is 0 Å². The smallest absolute Gasteiger partial charge is 0.312 e. The molecule has 0 aromatic heterocycles. The molecule has 0 amide bonds. The second-order valence-corrected chi connectivity index (χ2v) is 17.3. The molecule has 5 aliphatic carbocycles. The third-order valence-corrected chi connectivity index (χ3v) is 15.3. The highest BCUT2D eigenvalue weighted by atomic mass is 16.7. The Labute approximate surface area is 263 Å². The maximum Gasteiger partial charge on any atom is 0.312 e. The Bertz CT molecular complexity index is 1180. The standard InChI is InChI=1S/C36H58O8/c1-20-11-16-36(30(40)42-8)18-17-33(5)21(28(36)35(20,7)41)9-10-24-32(4)14-13-25(31(2,3)23(32)12-15-34(24,33)6)44-29-27(39)26(38)22(37)19-43-29/h9,20,22-29,37-39,41H,10-19H2,1-8H3/t20-,22-,23+,24-,25+,26-,27+,28-,29-,32+,33-,34-,35-,36+/m1/s1. The van der Waals surface area contributed by atoms with E-state index in [0.29, 0.717) is 11.8 Å². The third-order valence-electron chi connectivity index (χ3n) is 15.3. The van der Waals surface area contributed by atoms with Crippen molar-refractivity contribution < 1.29 is 39.4 Å². The van der Waals surface area contributed by atoms with Crippen molar-refractivity contribution in [1.82, 2.24) is 0 Å². The van der Waals surface area contributed by atoms with Gasteiger partial charge in [-0.25, -0.2) is 0 Å². The monoisotopic (exact) mass is 618 g/mol. The summed E-state index contributed by atoms with van der Waals surface area (Å²) >= 11 is 0. The van der Waals surface area contributed by atoms with E-state index in [2.05, 4.69) is 47.6 Å². The first-order chi connectivity index (χ1) is 20.4. The van der Waals surface area contributed by atoms with Crippen LogP contribution in [0.15, 0.2) is 11.6 Å². The summed E-state index contributed by atoms with van der Waals surface area (Å²) in [5.41, 5.74) is -0.632. The zero-order valence-corrected chi connectivity index (χ0v) is 28.3. The van der Waals surface area contributed by atoms with Gasteiger partial charge in [-0.15, -0.1) is 0 Å². The van der Waals surface area contributed by atoms with Crippen molar-refractivity contribution >= 4 is 5.97 Å². The van der Waals surface area contributed by atoms with Crippen LogP contribution < -0.4 is 0 Å². The molecule has 8 heteroatoms. The number of hydrogen-bond donors (Lipinski definition) is 4. The highest BCUT2D eigenvalue weighted by molar-refractivity contribution is 5.79. The van der Waals surface area contributed by atoms with Gasteiger partial charge in [0.1, 0.15) is 18.3 Å². The second kappa shape index (κ2) is 10.5. The number of hydrogen-bond acceptors (Lipinski definition) is 8. The lowest BCUT2D eigenvalue weighted by Crippen LogP contribution is -2.68. The molecule has 44 heavy (non-hydrogen) atoms. The van der Waals surface area contributed by atoms with Gasteiger partial charge in [-0.3, -0.25) is 4.79 Å². The number of rotatable bonds is 3. The highest BCUT2D eigenvalue weighted by Crippen LogP contribution is 2.76. The minimum atomic E-state index is -1.29. The van der Waals surface area contributed by atoms with E-state index in [0.717, 1.165) is 57.8 Å². The zero-order chi connectivity index (χ0) is 32.3. The predicted molar refractivity (Wildman–Crippen MR) is 165 cm³/mol. The Balaban J connectivity index is 1.33. The van der Waals surface area contributed by atoms with Gasteiger partial charge in [0, 0.05) is 5.92 Å². The first-order valence-corrected chi connectivity index (χ1v) is 17.2. The summed E-state index contributed by atoms with van der Waals surface area (Å²) in [6, 6.07) is 0. The Morgan fingerprint density at radius 2 is 1.61 bits per heavy atom. The van der Waals surface area contributed by atoms with Crippen LogP contribution in [-0.4, -0.2) is 76.4 Å². The van der Waals surface area contributed by atoms with Gasteiger partial charge < -0.3 is 34.6 Å². The van der Waals surface area contributed by atoms with Crippen LogP contribution in [0, 0.1) is 50.7 Å². The molecule has 0 bridgehead atoms. The molecule has 1 heterocycles. The maximum atomic E-state index is 13.6. The largest absolute Gasteiger partial charge is 0.469 e. The Morgan fingerprint density at radius 3 is 2.30 bits per heavy atom. The summed E-state index contributed by atoms with van der Waals surface area (Å²) in [5, 5.41) is 43.0. The summed E-state index contributed by atoms with van der Waals surface area (Å²) in [4.78, 5) is 13.6. The quantitative estimate of drug-likeness (QED) is 0.203. The first kappa shape index (κ1) is 32.9. The molecule has 1 aliphatic heterocycles. The molecular formula is C36H58O8.